The van der Waals surface area contributed by atoms with Crippen molar-refractivity contribution in [3.8, 4) is 0 Å². The summed E-state index contributed by atoms with van der Waals surface area (Å²) in [5, 5.41) is 0. The molecular formula is C6H13ClO6S2. The van der Waals surface area contributed by atoms with Crippen LogP contribution in [-0.4, -0.2) is 47.9 Å². The smallest absolute Gasteiger partial charge is 0.264 e. The number of rotatable bonds is 7. The first-order chi connectivity index (χ1) is 6.64. The van der Waals surface area contributed by atoms with Crippen molar-refractivity contribution >= 4 is 31.8 Å². The molecule has 15 heavy (non-hydrogen) atoms. The molecule has 0 aliphatic heterocycles. The van der Waals surface area contributed by atoms with Gasteiger partial charge in [0.2, 0.25) is 0 Å². The average Bonchev–Trinajstić information content (AvgIpc) is 1.97. The van der Waals surface area contributed by atoms with Gasteiger partial charge in [0.25, 0.3) is 20.2 Å². The maximum atomic E-state index is 10.7. The Bertz CT molecular complexity index is 372. The molecule has 0 spiro atoms. The fourth-order valence-corrected chi connectivity index (χ4v) is 2.08. The topological polar surface area (TPSA) is 86.7 Å². The zero-order chi connectivity index (χ0) is 12.1. The van der Waals surface area contributed by atoms with Gasteiger partial charge in [-0.3, -0.25) is 8.37 Å². The summed E-state index contributed by atoms with van der Waals surface area (Å²) in [4.78, 5) is 0. The van der Waals surface area contributed by atoms with Gasteiger partial charge in [-0.2, -0.15) is 16.8 Å². The summed E-state index contributed by atoms with van der Waals surface area (Å²) in [7, 11) is -7.11. The van der Waals surface area contributed by atoms with Gasteiger partial charge in [-0.25, -0.2) is 0 Å². The molecule has 0 rings (SSSR count). The van der Waals surface area contributed by atoms with E-state index in [2.05, 4.69) is 8.37 Å². The third-order valence-corrected chi connectivity index (χ3v) is 2.78. The maximum Gasteiger partial charge on any atom is 0.264 e. The number of hydrogen-bond acceptors (Lipinski definition) is 6. The van der Waals surface area contributed by atoms with E-state index in [4.69, 9.17) is 11.6 Å². The Kier molecular flexibility index (Phi) is 6.04. The third-order valence-electron chi connectivity index (χ3n) is 1.22. The molecule has 0 fully saturated rings. The Hall–Kier alpha value is 0.110. The summed E-state index contributed by atoms with van der Waals surface area (Å²) >= 11 is 5.43. The van der Waals surface area contributed by atoms with Crippen molar-refractivity contribution in [1.29, 1.82) is 0 Å². The summed E-state index contributed by atoms with van der Waals surface area (Å²) in [5.41, 5.74) is 0. The van der Waals surface area contributed by atoms with Crippen LogP contribution in [0, 0.1) is 0 Å². The average molecular weight is 281 g/mol. The molecule has 0 aromatic carbocycles. The van der Waals surface area contributed by atoms with E-state index in [-0.39, 0.29) is 18.9 Å². The Morgan fingerprint density at radius 3 is 2.00 bits per heavy atom. The van der Waals surface area contributed by atoms with Crippen molar-refractivity contribution in [2.45, 2.75) is 12.5 Å². The molecule has 0 aliphatic rings. The van der Waals surface area contributed by atoms with Gasteiger partial charge in [0.05, 0.1) is 31.1 Å². The second-order valence-electron chi connectivity index (χ2n) is 2.89. The number of alkyl halides is 1. The van der Waals surface area contributed by atoms with Gasteiger partial charge >= 0.3 is 0 Å². The lowest BCUT2D eigenvalue weighted by molar-refractivity contribution is 0.190. The molecule has 1 atom stereocenters. The van der Waals surface area contributed by atoms with E-state index in [1.54, 1.807) is 0 Å². The van der Waals surface area contributed by atoms with Gasteiger partial charge in [-0.05, 0) is 0 Å². The minimum Gasteiger partial charge on any atom is -0.270 e. The SMILES string of the molecule is CS(=O)(=O)OCCC(CCl)OS(C)(=O)=O. The van der Waals surface area contributed by atoms with Crippen LogP contribution in [0.1, 0.15) is 6.42 Å². The van der Waals surface area contributed by atoms with Crippen LogP contribution >= 0.6 is 11.6 Å². The molecule has 1 unspecified atom stereocenters. The molecule has 92 valence electrons. The molecule has 9 heteroatoms. The Morgan fingerprint density at radius 1 is 1.13 bits per heavy atom. The lowest BCUT2D eigenvalue weighted by Crippen LogP contribution is -2.21. The maximum absolute atomic E-state index is 10.7. The van der Waals surface area contributed by atoms with Crippen LogP contribution in [-0.2, 0) is 28.6 Å². The van der Waals surface area contributed by atoms with Gasteiger partial charge in [-0.1, -0.05) is 0 Å². The monoisotopic (exact) mass is 280 g/mol. The van der Waals surface area contributed by atoms with E-state index in [0.29, 0.717) is 0 Å². The molecule has 0 N–H and O–H groups in total. The summed E-state index contributed by atoms with van der Waals surface area (Å²) in [6.45, 7) is -0.161. The largest absolute Gasteiger partial charge is 0.270 e. The van der Waals surface area contributed by atoms with Crippen molar-refractivity contribution in [3.63, 3.8) is 0 Å². The molecule has 0 aromatic rings. The van der Waals surface area contributed by atoms with E-state index >= 15 is 0 Å². The van der Waals surface area contributed by atoms with Gasteiger partial charge in [-0.15, -0.1) is 11.6 Å². The lowest BCUT2D eigenvalue weighted by atomic mass is 10.3. The number of hydrogen-bond donors (Lipinski definition) is 0. The van der Waals surface area contributed by atoms with Crippen molar-refractivity contribution in [2.75, 3.05) is 25.0 Å². The first-order valence-electron chi connectivity index (χ1n) is 3.92. The Morgan fingerprint density at radius 2 is 1.67 bits per heavy atom. The fourth-order valence-electron chi connectivity index (χ4n) is 0.729. The normalized spacial score (nSPS) is 15.1. The zero-order valence-corrected chi connectivity index (χ0v) is 10.7. The Balaban J connectivity index is 4.03. The molecule has 0 bridgehead atoms. The lowest BCUT2D eigenvalue weighted by Gasteiger charge is -2.12. The Labute approximate surface area is 94.8 Å². The molecule has 0 aromatic heterocycles. The highest BCUT2D eigenvalue weighted by molar-refractivity contribution is 7.86. The van der Waals surface area contributed by atoms with Gasteiger partial charge in [0, 0.05) is 6.42 Å². The van der Waals surface area contributed by atoms with Gasteiger partial charge < -0.3 is 0 Å². The molecule has 6 nitrogen and oxygen atoms in total. The molecule has 0 amide bonds. The van der Waals surface area contributed by atoms with Crippen LogP contribution in [0.3, 0.4) is 0 Å². The third kappa shape index (κ3) is 10.4. The first-order valence-corrected chi connectivity index (χ1v) is 8.09. The van der Waals surface area contributed by atoms with E-state index in [1.807, 2.05) is 0 Å². The van der Waals surface area contributed by atoms with E-state index in [0.717, 1.165) is 12.5 Å². The van der Waals surface area contributed by atoms with Crippen molar-refractivity contribution in [3.05, 3.63) is 0 Å². The highest BCUT2D eigenvalue weighted by Crippen LogP contribution is 2.06. The molecule has 0 saturated carbocycles. The minimum absolute atomic E-state index is 0.0554. The first kappa shape index (κ1) is 15.1. The van der Waals surface area contributed by atoms with E-state index in [9.17, 15) is 16.8 Å². The summed E-state index contributed by atoms with van der Waals surface area (Å²) < 4.78 is 51.6. The minimum atomic E-state index is -3.59. The summed E-state index contributed by atoms with van der Waals surface area (Å²) in [5.74, 6) is -0.0554. The van der Waals surface area contributed by atoms with Crippen molar-refractivity contribution < 1.29 is 25.2 Å². The zero-order valence-electron chi connectivity index (χ0n) is 8.34. The van der Waals surface area contributed by atoms with Gasteiger partial charge in [0.15, 0.2) is 0 Å². The molecule has 0 aliphatic carbocycles. The predicted molar refractivity (Wildman–Crippen MR) is 55.8 cm³/mol. The van der Waals surface area contributed by atoms with Crippen LogP contribution < -0.4 is 0 Å². The fraction of sp³-hybridized carbons (Fsp3) is 1.00. The van der Waals surface area contributed by atoms with Crippen LogP contribution in [0.4, 0.5) is 0 Å². The molecule has 0 saturated heterocycles. The highest BCUT2D eigenvalue weighted by atomic mass is 35.5. The van der Waals surface area contributed by atoms with Crippen molar-refractivity contribution in [1.82, 2.24) is 0 Å². The van der Waals surface area contributed by atoms with Crippen LogP contribution in [0.2, 0.25) is 0 Å². The summed E-state index contributed by atoms with van der Waals surface area (Å²) in [6, 6.07) is 0. The second-order valence-corrected chi connectivity index (χ2v) is 6.44. The number of halogens is 1. The second kappa shape index (κ2) is 6.00. The van der Waals surface area contributed by atoms with Crippen LogP contribution in [0.5, 0.6) is 0 Å². The van der Waals surface area contributed by atoms with E-state index < -0.39 is 26.3 Å². The quantitative estimate of drug-likeness (QED) is 0.479. The molecule has 0 heterocycles. The van der Waals surface area contributed by atoms with E-state index in [1.165, 1.54) is 0 Å². The van der Waals surface area contributed by atoms with Crippen LogP contribution in [0.25, 0.3) is 0 Å². The molecular weight excluding hydrogens is 268 g/mol. The highest BCUT2D eigenvalue weighted by Gasteiger charge is 2.15. The molecule has 0 radical (unpaired) electrons. The van der Waals surface area contributed by atoms with Crippen molar-refractivity contribution in [2.24, 2.45) is 0 Å². The van der Waals surface area contributed by atoms with Crippen LogP contribution in [0.15, 0.2) is 0 Å². The standard InChI is InChI=1S/C6H13ClO6S2/c1-14(8,9)12-4-3-6(5-7)13-15(2,10)11/h6H,3-5H2,1-2H3. The summed E-state index contributed by atoms with van der Waals surface area (Å²) in [6.07, 6.45) is 1.11. The van der Waals surface area contributed by atoms with Gasteiger partial charge in [0.1, 0.15) is 0 Å². The predicted octanol–water partition coefficient (Wildman–Crippen LogP) is -0.0637.